The quantitative estimate of drug-likeness (QED) is 0.264. The zero-order valence-electron chi connectivity index (χ0n) is 12.5. The molecule has 1 unspecified atom stereocenters. The molecule has 8 nitrogen and oxygen atoms in total. The predicted octanol–water partition coefficient (Wildman–Crippen LogP) is 2.55. The van der Waals surface area contributed by atoms with Gasteiger partial charge in [-0.1, -0.05) is 17.7 Å². The van der Waals surface area contributed by atoms with Crippen molar-refractivity contribution in [2.24, 2.45) is 5.92 Å². The molecule has 0 saturated carbocycles. The Bertz CT molecular complexity index is 767. The van der Waals surface area contributed by atoms with Crippen LogP contribution in [0.15, 0.2) is 24.3 Å². The normalized spacial score (nSPS) is 11.5. The SMILES string of the molecule is CC(=N)C(C#N)C(=O)COC(=O)/C=C/c1ccc(Cl)c([N+](=O)[O-])c1. The van der Waals surface area contributed by atoms with Crippen LogP contribution in [0, 0.1) is 32.8 Å². The zero-order valence-corrected chi connectivity index (χ0v) is 13.2. The lowest BCUT2D eigenvalue weighted by atomic mass is 10.0. The minimum absolute atomic E-state index is 0.0325. The molecule has 0 aliphatic rings. The maximum atomic E-state index is 11.6. The van der Waals surface area contributed by atoms with Crippen molar-refractivity contribution < 1.29 is 19.2 Å². The second kappa shape index (κ2) is 8.55. The number of Topliss-reactive ketones (excluding diaryl/α,β-unsaturated/α-hetero) is 1. The fraction of sp³-hybridized carbons (Fsp3) is 0.200. The number of ether oxygens (including phenoxy) is 1. The number of halogens is 1. The van der Waals surface area contributed by atoms with Crippen LogP contribution in [0.3, 0.4) is 0 Å². The lowest BCUT2D eigenvalue weighted by Crippen LogP contribution is -2.25. The van der Waals surface area contributed by atoms with Gasteiger partial charge in [0.15, 0.2) is 12.4 Å². The number of ketones is 1. The van der Waals surface area contributed by atoms with E-state index in [0.717, 1.165) is 6.08 Å². The number of nitriles is 1. The van der Waals surface area contributed by atoms with E-state index in [1.165, 1.54) is 31.2 Å². The summed E-state index contributed by atoms with van der Waals surface area (Å²) in [5, 5.41) is 26.7. The molecular formula is C15H12ClN3O5. The van der Waals surface area contributed by atoms with E-state index in [1.807, 2.05) is 0 Å². The molecule has 9 heteroatoms. The van der Waals surface area contributed by atoms with Gasteiger partial charge in [0.1, 0.15) is 10.9 Å². The number of nitrogens with zero attached hydrogens (tertiary/aromatic N) is 2. The highest BCUT2D eigenvalue weighted by Crippen LogP contribution is 2.25. The first-order valence-electron chi connectivity index (χ1n) is 6.52. The van der Waals surface area contributed by atoms with Crippen molar-refractivity contribution >= 4 is 40.8 Å². The second-order valence-electron chi connectivity index (χ2n) is 4.62. The average Bonchev–Trinajstić information content (AvgIpc) is 2.52. The van der Waals surface area contributed by atoms with Gasteiger partial charge in [-0.3, -0.25) is 14.9 Å². The van der Waals surface area contributed by atoms with Crippen LogP contribution in [0.1, 0.15) is 12.5 Å². The van der Waals surface area contributed by atoms with E-state index in [4.69, 9.17) is 22.3 Å². The highest BCUT2D eigenvalue weighted by Gasteiger charge is 2.21. The molecule has 0 saturated heterocycles. The van der Waals surface area contributed by atoms with E-state index in [9.17, 15) is 19.7 Å². The Morgan fingerprint density at radius 3 is 2.75 bits per heavy atom. The van der Waals surface area contributed by atoms with Crippen molar-refractivity contribution in [3.05, 3.63) is 45.0 Å². The number of esters is 1. The van der Waals surface area contributed by atoms with Gasteiger partial charge in [0, 0.05) is 17.9 Å². The molecule has 1 rings (SSSR count). The molecule has 1 aromatic carbocycles. The van der Waals surface area contributed by atoms with Crippen molar-refractivity contribution in [2.45, 2.75) is 6.92 Å². The molecule has 0 radical (unpaired) electrons. The maximum Gasteiger partial charge on any atom is 0.331 e. The van der Waals surface area contributed by atoms with Crippen LogP contribution < -0.4 is 0 Å². The van der Waals surface area contributed by atoms with Gasteiger partial charge >= 0.3 is 5.97 Å². The van der Waals surface area contributed by atoms with Gasteiger partial charge < -0.3 is 10.1 Å². The molecule has 0 aliphatic carbocycles. The minimum Gasteiger partial charge on any atom is -0.454 e. The van der Waals surface area contributed by atoms with Gasteiger partial charge in [-0.05, 0) is 24.6 Å². The van der Waals surface area contributed by atoms with E-state index in [0.29, 0.717) is 5.56 Å². The predicted molar refractivity (Wildman–Crippen MR) is 85.6 cm³/mol. The number of benzene rings is 1. The monoisotopic (exact) mass is 349 g/mol. The maximum absolute atomic E-state index is 11.6. The smallest absolute Gasteiger partial charge is 0.331 e. The Morgan fingerprint density at radius 1 is 1.54 bits per heavy atom. The van der Waals surface area contributed by atoms with Crippen LogP contribution in [0.4, 0.5) is 5.69 Å². The standard InChI is InChI=1S/C15H12ClN3O5/c1-9(18)11(7-17)14(20)8-24-15(21)5-3-10-2-4-12(16)13(6-10)19(22)23/h2-6,11,18H,8H2,1H3/b5-3+,18-9?. The molecule has 1 atom stereocenters. The summed E-state index contributed by atoms with van der Waals surface area (Å²) in [5.41, 5.74) is -0.0946. The molecule has 24 heavy (non-hydrogen) atoms. The van der Waals surface area contributed by atoms with E-state index in [-0.39, 0.29) is 16.4 Å². The molecule has 0 spiro atoms. The number of nitro benzene ring substituents is 1. The molecule has 124 valence electrons. The van der Waals surface area contributed by atoms with Gasteiger partial charge in [-0.25, -0.2) is 4.79 Å². The van der Waals surface area contributed by atoms with Crippen LogP contribution in [-0.2, 0) is 14.3 Å². The topological polar surface area (TPSA) is 134 Å². The second-order valence-corrected chi connectivity index (χ2v) is 5.03. The highest BCUT2D eigenvalue weighted by molar-refractivity contribution is 6.32. The molecule has 0 heterocycles. The average molecular weight is 350 g/mol. The van der Waals surface area contributed by atoms with Crippen molar-refractivity contribution in [3.8, 4) is 6.07 Å². The first-order chi connectivity index (χ1) is 11.3. The molecule has 1 aromatic rings. The van der Waals surface area contributed by atoms with E-state index in [1.54, 1.807) is 6.07 Å². The lowest BCUT2D eigenvalue weighted by Gasteiger charge is -2.05. The molecule has 1 N–H and O–H groups in total. The summed E-state index contributed by atoms with van der Waals surface area (Å²) in [6, 6.07) is 5.61. The number of carbonyl (C=O) groups excluding carboxylic acids is 2. The van der Waals surface area contributed by atoms with Gasteiger partial charge in [-0.2, -0.15) is 5.26 Å². The molecular weight excluding hydrogens is 338 g/mol. The van der Waals surface area contributed by atoms with E-state index in [2.05, 4.69) is 4.74 Å². The first kappa shape index (κ1) is 19.0. The highest BCUT2D eigenvalue weighted by atomic mass is 35.5. The Labute approximate surface area is 141 Å². The number of nitro groups is 1. The van der Waals surface area contributed by atoms with E-state index >= 15 is 0 Å². The number of hydrogen-bond donors (Lipinski definition) is 1. The Kier molecular flexibility index (Phi) is 6.77. The summed E-state index contributed by atoms with van der Waals surface area (Å²) in [5.74, 6) is -2.81. The van der Waals surface area contributed by atoms with Crippen molar-refractivity contribution in [2.75, 3.05) is 6.61 Å². The summed E-state index contributed by atoms with van der Waals surface area (Å²) >= 11 is 5.67. The Morgan fingerprint density at radius 2 is 2.21 bits per heavy atom. The van der Waals surface area contributed by atoms with Crippen molar-refractivity contribution in [1.82, 2.24) is 0 Å². The van der Waals surface area contributed by atoms with Crippen LogP contribution in [0.2, 0.25) is 5.02 Å². The zero-order chi connectivity index (χ0) is 18.3. The van der Waals surface area contributed by atoms with Crippen molar-refractivity contribution in [1.29, 1.82) is 10.7 Å². The molecule has 0 aliphatic heterocycles. The molecule has 0 bridgehead atoms. The largest absolute Gasteiger partial charge is 0.454 e. The first-order valence-corrected chi connectivity index (χ1v) is 6.90. The molecule has 0 aromatic heterocycles. The van der Waals surface area contributed by atoms with Gasteiger partial charge in [0.05, 0.1) is 11.0 Å². The fourth-order valence-corrected chi connectivity index (χ4v) is 1.81. The number of carbonyl (C=O) groups is 2. The summed E-state index contributed by atoms with van der Waals surface area (Å²) in [4.78, 5) is 33.2. The lowest BCUT2D eigenvalue weighted by molar-refractivity contribution is -0.384. The van der Waals surface area contributed by atoms with Crippen LogP contribution in [-0.4, -0.2) is 29.0 Å². The third-order valence-electron chi connectivity index (χ3n) is 2.82. The van der Waals surface area contributed by atoms with Gasteiger partial charge in [0.2, 0.25) is 0 Å². The summed E-state index contributed by atoms with van der Waals surface area (Å²) < 4.78 is 4.68. The van der Waals surface area contributed by atoms with Gasteiger partial charge in [-0.15, -0.1) is 0 Å². The minimum atomic E-state index is -1.25. The Hall–Kier alpha value is -3.05. The number of hydrogen-bond acceptors (Lipinski definition) is 7. The Balaban J connectivity index is 2.69. The third-order valence-corrected chi connectivity index (χ3v) is 3.14. The summed E-state index contributed by atoms with van der Waals surface area (Å²) in [6.45, 7) is 0.666. The summed E-state index contributed by atoms with van der Waals surface area (Å²) in [6.07, 6.45) is 2.25. The molecule has 0 amide bonds. The number of rotatable bonds is 7. The van der Waals surface area contributed by atoms with E-state index < -0.39 is 29.2 Å². The van der Waals surface area contributed by atoms with Crippen LogP contribution >= 0.6 is 11.6 Å². The third kappa shape index (κ3) is 5.30. The molecule has 0 fully saturated rings. The fourth-order valence-electron chi connectivity index (χ4n) is 1.62. The summed E-state index contributed by atoms with van der Waals surface area (Å²) in [7, 11) is 0. The van der Waals surface area contributed by atoms with Crippen LogP contribution in [0.25, 0.3) is 6.08 Å². The van der Waals surface area contributed by atoms with Gasteiger partial charge in [0.25, 0.3) is 5.69 Å². The van der Waals surface area contributed by atoms with Crippen molar-refractivity contribution in [3.63, 3.8) is 0 Å². The number of nitrogens with one attached hydrogen (secondary N) is 1. The van der Waals surface area contributed by atoms with Crippen LogP contribution in [0.5, 0.6) is 0 Å².